The molecule has 166 valence electrons. The van der Waals surface area contributed by atoms with Crippen molar-refractivity contribution in [3.05, 3.63) is 41.7 Å². The van der Waals surface area contributed by atoms with Crippen LogP contribution in [0.25, 0.3) is 11.0 Å². The topological polar surface area (TPSA) is 84.4 Å². The molecule has 5 heterocycles. The molecule has 1 unspecified atom stereocenters. The number of aromatic nitrogens is 3. The molecule has 3 atom stereocenters. The lowest BCUT2D eigenvalue weighted by Gasteiger charge is -2.28. The second kappa shape index (κ2) is 8.35. The summed E-state index contributed by atoms with van der Waals surface area (Å²) >= 11 is 6.49. The van der Waals surface area contributed by atoms with E-state index in [0.29, 0.717) is 41.2 Å². The highest BCUT2D eigenvalue weighted by Crippen LogP contribution is 2.33. The Morgan fingerprint density at radius 2 is 2.22 bits per heavy atom. The molecule has 9 heteroatoms. The molecule has 0 amide bonds. The number of piperazine rings is 1. The average molecular weight is 453 g/mol. The van der Waals surface area contributed by atoms with Gasteiger partial charge in [0.25, 0.3) is 0 Å². The molecule has 0 saturated carbocycles. The number of hydrogen-bond donors (Lipinski definition) is 2. The zero-order valence-electron chi connectivity index (χ0n) is 17.6. The molecule has 2 bridgehead atoms. The van der Waals surface area contributed by atoms with Crippen LogP contribution >= 0.6 is 11.6 Å². The fourth-order valence-electron chi connectivity index (χ4n) is 4.78. The van der Waals surface area contributed by atoms with Crippen molar-refractivity contribution in [2.24, 2.45) is 5.92 Å². The Kier molecular flexibility index (Phi) is 5.21. The van der Waals surface area contributed by atoms with Crippen LogP contribution in [0.5, 0.6) is 5.75 Å². The fourth-order valence-corrected chi connectivity index (χ4v) is 5.01. The zero-order chi connectivity index (χ0) is 21.5. The molecule has 32 heavy (non-hydrogen) atoms. The molecule has 1 aromatic carbocycles. The summed E-state index contributed by atoms with van der Waals surface area (Å²) in [5.74, 6) is 2.74. The van der Waals surface area contributed by atoms with Crippen LogP contribution in [-0.2, 0) is 4.74 Å². The molecule has 3 aromatic rings. The molecule has 8 nitrogen and oxygen atoms in total. The van der Waals surface area contributed by atoms with Crippen molar-refractivity contribution in [3.8, 4) is 5.75 Å². The van der Waals surface area contributed by atoms with Gasteiger partial charge >= 0.3 is 0 Å². The normalized spacial score (nSPS) is 24.4. The summed E-state index contributed by atoms with van der Waals surface area (Å²) in [6.45, 7) is 4.18. The van der Waals surface area contributed by atoms with Gasteiger partial charge in [0.2, 0.25) is 0 Å². The maximum atomic E-state index is 6.49. The summed E-state index contributed by atoms with van der Waals surface area (Å²) in [5.41, 5.74) is 2.38. The van der Waals surface area contributed by atoms with Crippen LogP contribution in [0.4, 0.5) is 17.3 Å². The third kappa shape index (κ3) is 3.83. The number of ether oxygens (including phenoxy) is 2. The first-order valence-electron chi connectivity index (χ1n) is 11.1. The van der Waals surface area contributed by atoms with Gasteiger partial charge < -0.3 is 25.0 Å². The van der Waals surface area contributed by atoms with Crippen LogP contribution in [0.15, 0.2) is 36.7 Å². The van der Waals surface area contributed by atoms with E-state index in [4.69, 9.17) is 26.1 Å². The first-order valence-corrected chi connectivity index (χ1v) is 11.5. The predicted molar refractivity (Wildman–Crippen MR) is 124 cm³/mol. The van der Waals surface area contributed by atoms with Crippen LogP contribution in [0.1, 0.15) is 12.8 Å². The molecule has 3 fully saturated rings. The minimum Gasteiger partial charge on any atom is -0.492 e. The highest BCUT2D eigenvalue weighted by molar-refractivity contribution is 6.32. The summed E-state index contributed by atoms with van der Waals surface area (Å²) in [7, 11) is 0. The molecule has 2 aromatic heterocycles. The van der Waals surface area contributed by atoms with Gasteiger partial charge in [0.05, 0.1) is 23.8 Å². The van der Waals surface area contributed by atoms with E-state index in [2.05, 4.69) is 31.6 Å². The van der Waals surface area contributed by atoms with Crippen LogP contribution in [0.3, 0.4) is 0 Å². The molecule has 0 aliphatic carbocycles. The number of hydrogen-bond acceptors (Lipinski definition) is 8. The Morgan fingerprint density at radius 3 is 3.00 bits per heavy atom. The van der Waals surface area contributed by atoms with Gasteiger partial charge in [-0.15, -0.1) is 0 Å². The van der Waals surface area contributed by atoms with Gasteiger partial charge in [-0.3, -0.25) is 0 Å². The second-order valence-corrected chi connectivity index (χ2v) is 9.12. The summed E-state index contributed by atoms with van der Waals surface area (Å²) in [6, 6.07) is 10.8. The van der Waals surface area contributed by atoms with Crippen LogP contribution in [0, 0.1) is 5.92 Å². The summed E-state index contributed by atoms with van der Waals surface area (Å²) in [4.78, 5) is 16.2. The number of rotatable bonds is 6. The van der Waals surface area contributed by atoms with Crippen molar-refractivity contribution in [1.29, 1.82) is 0 Å². The monoisotopic (exact) mass is 452 g/mol. The largest absolute Gasteiger partial charge is 0.492 e. The first-order chi connectivity index (χ1) is 15.7. The van der Waals surface area contributed by atoms with Crippen molar-refractivity contribution in [2.45, 2.75) is 24.9 Å². The number of nitrogens with zero attached hydrogens (tertiary/aromatic N) is 4. The average Bonchev–Trinajstić information content (AvgIpc) is 3.57. The molecule has 0 spiro atoms. The Balaban J connectivity index is 1.22. The summed E-state index contributed by atoms with van der Waals surface area (Å²) in [6.07, 6.45) is 3.76. The van der Waals surface area contributed by atoms with E-state index in [-0.39, 0.29) is 0 Å². The van der Waals surface area contributed by atoms with Crippen LogP contribution in [0.2, 0.25) is 5.02 Å². The minimum atomic E-state index is 0.429. The maximum Gasteiger partial charge on any atom is 0.160 e. The Hall–Kier alpha value is -2.68. The van der Waals surface area contributed by atoms with Crippen molar-refractivity contribution in [3.63, 3.8) is 0 Å². The number of anilines is 3. The smallest absolute Gasteiger partial charge is 0.160 e. The first kappa shape index (κ1) is 20.0. The molecular weight excluding hydrogens is 428 g/mol. The quantitative estimate of drug-likeness (QED) is 0.588. The molecule has 3 aliphatic rings. The van der Waals surface area contributed by atoms with Gasteiger partial charge in [0.15, 0.2) is 5.82 Å². The zero-order valence-corrected chi connectivity index (χ0v) is 18.4. The highest BCUT2D eigenvalue weighted by atomic mass is 35.5. The maximum absolute atomic E-state index is 6.49. The highest BCUT2D eigenvalue weighted by Gasteiger charge is 2.38. The lowest BCUT2D eigenvalue weighted by molar-refractivity contribution is 0.167. The number of benzene rings is 1. The van der Waals surface area contributed by atoms with Crippen molar-refractivity contribution < 1.29 is 9.47 Å². The molecule has 3 saturated heterocycles. The molecule has 0 radical (unpaired) electrons. The van der Waals surface area contributed by atoms with E-state index in [9.17, 15) is 0 Å². The van der Waals surface area contributed by atoms with E-state index >= 15 is 0 Å². The second-order valence-electron chi connectivity index (χ2n) is 8.72. The third-order valence-corrected chi connectivity index (χ3v) is 6.81. The van der Waals surface area contributed by atoms with Gasteiger partial charge in [-0.25, -0.2) is 15.0 Å². The number of halogens is 1. The van der Waals surface area contributed by atoms with Crippen molar-refractivity contribution >= 4 is 40.0 Å². The van der Waals surface area contributed by atoms with Gasteiger partial charge in [0, 0.05) is 43.4 Å². The lowest BCUT2D eigenvalue weighted by Crippen LogP contribution is -2.44. The predicted octanol–water partition coefficient (Wildman–Crippen LogP) is 3.39. The SMILES string of the molecule is Clc1cc(Nc2ncnc3ccc(N4C[C@@H]5C[C@H]4CN5)nc23)ccc1OCC1CCOC1. The number of pyridine rings is 1. The van der Waals surface area contributed by atoms with Gasteiger partial charge in [-0.2, -0.15) is 0 Å². The van der Waals surface area contributed by atoms with E-state index < -0.39 is 0 Å². The fraction of sp³-hybridized carbons (Fsp3) is 0.435. The summed E-state index contributed by atoms with van der Waals surface area (Å²) < 4.78 is 11.3. The van der Waals surface area contributed by atoms with Crippen molar-refractivity contribution in [1.82, 2.24) is 20.3 Å². The standard InChI is InChI=1S/C23H25ClN6O2/c24-18-8-15(1-3-20(18)32-12-14-5-6-31-11-14)28-23-22-19(26-13-27-23)2-4-21(29-22)30-10-16-7-17(30)9-25-16/h1-4,8,13-14,16-17,25H,5-7,9-12H2,(H,26,27,28)/t14?,16-,17-/m0/s1. The number of fused-ring (bicyclic) bond motifs is 3. The summed E-state index contributed by atoms with van der Waals surface area (Å²) in [5, 5.41) is 7.45. The van der Waals surface area contributed by atoms with E-state index in [0.717, 1.165) is 55.3 Å². The van der Waals surface area contributed by atoms with Crippen molar-refractivity contribution in [2.75, 3.05) is 43.1 Å². The van der Waals surface area contributed by atoms with Crippen LogP contribution < -0.4 is 20.3 Å². The Bertz CT molecular complexity index is 1140. The molecule has 6 rings (SSSR count). The molecule has 3 aliphatic heterocycles. The Morgan fingerprint density at radius 1 is 1.25 bits per heavy atom. The lowest BCUT2D eigenvalue weighted by atomic mass is 10.1. The van der Waals surface area contributed by atoms with Gasteiger partial charge in [-0.1, -0.05) is 11.6 Å². The third-order valence-electron chi connectivity index (χ3n) is 6.51. The van der Waals surface area contributed by atoms with Gasteiger partial charge in [0.1, 0.15) is 23.4 Å². The van der Waals surface area contributed by atoms with Crippen LogP contribution in [-0.4, -0.2) is 59.9 Å². The minimum absolute atomic E-state index is 0.429. The van der Waals surface area contributed by atoms with Gasteiger partial charge in [-0.05, 0) is 43.2 Å². The number of nitrogens with one attached hydrogen (secondary N) is 2. The van der Waals surface area contributed by atoms with E-state index in [1.54, 1.807) is 6.33 Å². The van der Waals surface area contributed by atoms with E-state index in [1.165, 1.54) is 6.42 Å². The molecule has 2 N–H and O–H groups in total. The molecular formula is C23H25ClN6O2. The van der Waals surface area contributed by atoms with E-state index in [1.807, 2.05) is 24.3 Å². The Labute approximate surface area is 191 Å².